The fourth-order valence-electron chi connectivity index (χ4n) is 5.07. The van der Waals surface area contributed by atoms with E-state index in [1.54, 1.807) is 10.4 Å². The Morgan fingerprint density at radius 3 is 1.69 bits per heavy atom. The summed E-state index contributed by atoms with van der Waals surface area (Å²) in [6.45, 7) is 7.83. The molecule has 3 rings (SSSR count). The third-order valence-corrected chi connectivity index (χ3v) is 17.9. The van der Waals surface area contributed by atoms with Gasteiger partial charge in [-0.25, -0.2) is 0 Å². The summed E-state index contributed by atoms with van der Waals surface area (Å²) in [5, 5.41) is 3.23. The van der Waals surface area contributed by atoms with E-state index in [0.29, 0.717) is 0 Å². The molecular formula is C24H36Si2. The molecule has 2 aromatic rings. The van der Waals surface area contributed by atoms with Crippen LogP contribution >= 0.6 is 0 Å². The summed E-state index contributed by atoms with van der Waals surface area (Å²) in [5.41, 5.74) is 1.08. The lowest BCUT2D eigenvalue weighted by Gasteiger charge is -2.40. The van der Waals surface area contributed by atoms with Gasteiger partial charge in [0.15, 0.2) is 0 Å². The number of hydrogen-bond acceptors (Lipinski definition) is 0. The molecule has 2 heteroatoms. The van der Waals surface area contributed by atoms with Gasteiger partial charge in [0.2, 0.25) is 0 Å². The molecule has 0 aromatic heterocycles. The van der Waals surface area contributed by atoms with E-state index in [9.17, 15) is 0 Å². The standard InChI is InChI=1S/C24H36Si2/c1-4-25(2,22-14-8-5-9-15-22)20-21-26(3,23-16-10-6-11-17-23)24-18-12-7-13-19-24/h6-7,10-13,16-19,22H,4-5,8-9,14-15,20-21H2,1-3H3. The minimum absolute atomic E-state index is 1.08. The predicted octanol–water partition coefficient (Wildman–Crippen LogP) is 6.31. The topological polar surface area (TPSA) is 0 Å². The fraction of sp³-hybridized carbons (Fsp3) is 0.500. The maximum atomic E-state index is 2.73. The molecule has 0 radical (unpaired) electrons. The monoisotopic (exact) mass is 380 g/mol. The van der Waals surface area contributed by atoms with Crippen molar-refractivity contribution in [1.82, 2.24) is 0 Å². The Morgan fingerprint density at radius 1 is 0.731 bits per heavy atom. The highest BCUT2D eigenvalue weighted by molar-refractivity contribution is 7.02. The zero-order chi connectivity index (χ0) is 18.5. The minimum atomic E-state index is -1.66. The van der Waals surface area contributed by atoms with Gasteiger partial charge in [-0.05, 0) is 5.54 Å². The van der Waals surface area contributed by atoms with Crippen molar-refractivity contribution in [2.75, 3.05) is 0 Å². The molecule has 1 aliphatic rings. The average Bonchev–Trinajstić information content (AvgIpc) is 2.73. The molecule has 2 aromatic carbocycles. The van der Waals surface area contributed by atoms with Gasteiger partial charge in [-0.3, -0.25) is 0 Å². The van der Waals surface area contributed by atoms with Crippen LogP contribution in [0, 0.1) is 0 Å². The third-order valence-electron chi connectivity index (χ3n) is 7.42. The molecular weight excluding hydrogens is 344 g/mol. The molecule has 0 spiro atoms. The molecule has 0 aliphatic heterocycles. The van der Waals surface area contributed by atoms with Gasteiger partial charge in [-0.1, -0.05) is 141 Å². The largest absolute Gasteiger partial charge is 0.114 e. The molecule has 1 aliphatic carbocycles. The first-order valence-electron chi connectivity index (χ1n) is 10.7. The second-order valence-corrected chi connectivity index (χ2v) is 18.6. The van der Waals surface area contributed by atoms with Crippen LogP contribution in [0.5, 0.6) is 0 Å². The van der Waals surface area contributed by atoms with E-state index in [-0.39, 0.29) is 0 Å². The maximum Gasteiger partial charge on any atom is 0.114 e. The van der Waals surface area contributed by atoms with Crippen molar-refractivity contribution >= 4 is 26.5 Å². The van der Waals surface area contributed by atoms with Crippen molar-refractivity contribution in [3.05, 3.63) is 60.7 Å². The van der Waals surface area contributed by atoms with Crippen LogP contribution in [0.15, 0.2) is 60.7 Å². The van der Waals surface area contributed by atoms with Gasteiger partial charge in [-0.2, -0.15) is 0 Å². The van der Waals surface area contributed by atoms with Crippen molar-refractivity contribution in [2.45, 2.75) is 75.8 Å². The molecule has 1 saturated carbocycles. The van der Waals surface area contributed by atoms with E-state index in [0.717, 1.165) is 5.54 Å². The summed E-state index contributed by atoms with van der Waals surface area (Å²) in [6, 6.07) is 27.3. The minimum Gasteiger partial charge on any atom is -0.0690 e. The van der Waals surface area contributed by atoms with Crippen LogP contribution in [0.4, 0.5) is 0 Å². The Morgan fingerprint density at radius 2 is 1.23 bits per heavy atom. The summed E-state index contributed by atoms with van der Waals surface area (Å²) in [7, 11) is -2.82. The van der Waals surface area contributed by atoms with E-state index in [4.69, 9.17) is 0 Å². The Labute approximate surface area is 163 Å². The molecule has 0 heterocycles. The normalized spacial score (nSPS) is 18.4. The van der Waals surface area contributed by atoms with Gasteiger partial charge in [0.05, 0.1) is 8.07 Å². The highest BCUT2D eigenvalue weighted by atomic mass is 28.3. The summed E-state index contributed by atoms with van der Waals surface area (Å²) in [6.07, 6.45) is 7.49. The highest BCUT2D eigenvalue weighted by Crippen LogP contribution is 2.42. The van der Waals surface area contributed by atoms with Crippen LogP contribution in [0.3, 0.4) is 0 Å². The first-order valence-corrected chi connectivity index (χ1v) is 16.4. The lowest BCUT2D eigenvalue weighted by molar-refractivity contribution is 0.489. The molecule has 140 valence electrons. The van der Waals surface area contributed by atoms with E-state index in [1.807, 2.05) is 0 Å². The fourth-order valence-corrected chi connectivity index (χ4v) is 15.3. The van der Waals surface area contributed by atoms with Crippen molar-refractivity contribution in [3.63, 3.8) is 0 Å². The Bertz CT molecular complexity index is 622. The average molecular weight is 381 g/mol. The summed E-state index contributed by atoms with van der Waals surface area (Å²) >= 11 is 0. The lowest BCUT2D eigenvalue weighted by Crippen LogP contribution is -2.56. The molecule has 0 N–H and O–H groups in total. The highest BCUT2D eigenvalue weighted by Gasteiger charge is 2.39. The smallest absolute Gasteiger partial charge is 0.0690 e. The number of rotatable bonds is 7. The van der Waals surface area contributed by atoms with Gasteiger partial charge in [0.25, 0.3) is 0 Å². The van der Waals surface area contributed by atoms with Gasteiger partial charge in [0, 0.05) is 0 Å². The number of benzene rings is 2. The summed E-state index contributed by atoms with van der Waals surface area (Å²) in [4.78, 5) is 0. The van der Waals surface area contributed by atoms with Crippen molar-refractivity contribution in [3.8, 4) is 0 Å². The lowest BCUT2D eigenvalue weighted by atomic mass is 10.0. The molecule has 1 fully saturated rings. The molecule has 26 heavy (non-hydrogen) atoms. The zero-order valence-electron chi connectivity index (χ0n) is 17.0. The first kappa shape index (κ1) is 19.6. The van der Waals surface area contributed by atoms with Crippen LogP contribution in [0.25, 0.3) is 0 Å². The molecule has 0 amide bonds. The second-order valence-electron chi connectivity index (χ2n) is 8.91. The van der Waals surface area contributed by atoms with Crippen molar-refractivity contribution < 1.29 is 0 Å². The van der Waals surface area contributed by atoms with E-state index in [1.165, 1.54) is 50.2 Å². The van der Waals surface area contributed by atoms with Gasteiger partial charge in [0.1, 0.15) is 8.07 Å². The van der Waals surface area contributed by atoms with Crippen molar-refractivity contribution in [2.24, 2.45) is 0 Å². The molecule has 1 unspecified atom stereocenters. The Hall–Kier alpha value is -1.13. The molecule has 1 atom stereocenters. The van der Waals surface area contributed by atoms with Crippen LogP contribution in [0.1, 0.15) is 39.0 Å². The van der Waals surface area contributed by atoms with Crippen LogP contribution in [-0.2, 0) is 0 Å². The Balaban J connectivity index is 1.86. The van der Waals surface area contributed by atoms with Gasteiger partial charge < -0.3 is 0 Å². The SMILES string of the molecule is CC[Si](C)(CC[Si](C)(c1ccccc1)c1ccccc1)C1CCCCC1. The molecule has 0 saturated heterocycles. The van der Waals surface area contributed by atoms with Crippen LogP contribution < -0.4 is 10.4 Å². The zero-order valence-corrected chi connectivity index (χ0v) is 19.0. The van der Waals surface area contributed by atoms with Gasteiger partial charge >= 0.3 is 0 Å². The van der Waals surface area contributed by atoms with Crippen LogP contribution in [-0.4, -0.2) is 16.1 Å². The predicted molar refractivity (Wildman–Crippen MR) is 122 cm³/mol. The summed E-state index contributed by atoms with van der Waals surface area (Å²) < 4.78 is 0. The van der Waals surface area contributed by atoms with Gasteiger partial charge in [-0.15, -0.1) is 0 Å². The second kappa shape index (κ2) is 8.71. The van der Waals surface area contributed by atoms with E-state index < -0.39 is 16.1 Å². The maximum absolute atomic E-state index is 2.73. The van der Waals surface area contributed by atoms with Crippen molar-refractivity contribution in [1.29, 1.82) is 0 Å². The molecule has 0 nitrogen and oxygen atoms in total. The quantitative estimate of drug-likeness (QED) is 0.494. The van der Waals surface area contributed by atoms with E-state index in [2.05, 4.69) is 80.7 Å². The first-order chi connectivity index (χ1) is 12.6. The Kier molecular flexibility index (Phi) is 6.57. The van der Waals surface area contributed by atoms with E-state index >= 15 is 0 Å². The third kappa shape index (κ3) is 4.23. The summed E-state index contributed by atoms with van der Waals surface area (Å²) in [5.74, 6) is 0. The van der Waals surface area contributed by atoms with Crippen LogP contribution in [0.2, 0.25) is 36.8 Å². The number of hydrogen-bond donors (Lipinski definition) is 0. The molecule has 0 bridgehead atoms.